The van der Waals surface area contributed by atoms with Crippen molar-refractivity contribution in [1.82, 2.24) is 10.6 Å². The van der Waals surface area contributed by atoms with E-state index in [0.29, 0.717) is 18.2 Å². The van der Waals surface area contributed by atoms with E-state index in [1.165, 1.54) is 25.3 Å². The Morgan fingerprint density at radius 2 is 1.84 bits per heavy atom. The van der Waals surface area contributed by atoms with Gasteiger partial charge in [-0.3, -0.25) is 9.59 Å². The Morgan fingerprint density at radius 1 is 1.16 bits per heavy atom. The molecule has 2 N–H and O–H groups in total. The van der Waals surface area contributed by atoms with Crippen molar-refractivity contribution in [1.29, 1.82) is 0 Å². The molecule has 0 aromatic heterocycles. The number of amides is 2. The van der Waals surface area contributed by atoms with E-state index >= 15 is 0 Å². The minimum Gasteiger partial charge on any atom is -0.354 e. The van der Waals surface area contributed by atoms with Crippen LogP contribution in [0, 0.1) is 12.8 Å². The van der Waals surface area contributed by atoms with Gasteiger partial charge in [0, 0.05) is 24.1 Å². The maximum atomic E-state index is 12.5. The molecule has 1 rings (SSSR count). The average molecular weight is 365 g/mol. The fourth-order valence-corrected chi connectivity index (χ4v) is 3.48. The van der Waals surface area contributed by atoms with Crippen molar-refractivity contribution in [2.24, 2.45) is 5.92 Å². The highest BCUT2D eigenvalue weighted by Crippen LogP contribution is 2.19. The van der Waals surface area contributed by atoms with Gasteiger partial charge >= 0.3 is 0 Å². The predicted molar refractivity (Wildman–Crippen MR) is 106 cm³/mol. The molecule has 5 heteroatoms. The summed E-state index contributed by atoms with van der Waals surface area (Å²) in [6.45, 7) is 8.52. The Hall–Kier alpha value is -1.49. The number of carbonyl (C=O) groups excluding carboxylic acids is 2. The van der Waals surface area contributed by atoms with Crippen LogP contribution in [0.5, 0.6) is 0 Å². The van der Waals surface area contributed by atoms with E-state index < -0.39 is 6.04 Å². The highest BCUT2D eigenvalue weighted by Gasteiger charge is 2.20. The molecule has 4 nitrogen and oxygen atoms in total. The predicted octanol–water partition coefficient (Wildman–Crippen LogP) is 3.92. The van der Waals surface area contributed by atoms with Gasteiger partial charge in [0.1, 0.15) is 6.04 Å². The highest BCUT2D eigenvalue weighted by molar-refractivity contribution is 7.99. The summed E-state index contributed by atoms with van der Waals surface area (Å²) in [5.74, 6) is 0.763. The molecule has 2 atom stereocenters. The molecule has 0 aliphatic heterocycles. The van der Waals surface area contributed by atoms with Crippen molar-refractivity contribution < 1.29 is 9.59 Å². The summed E-state index contributed by atoms with van der Waals surface area (Å²) < 4.78 is 0. The van der Waals surface area contributed by atoms with Crippen molar-refractivity contribution in [3.63, 3.8) is 0 Å². The molecular weight excluding hydrogens is 332 g/mol. The van der Waals surface area contributed by atoms with Gasteiger partial charge < -0.3 is 10.6 Å². The number of benzene rings is 1. The molecule has 1 aromatic carbocycles. The highest BCUT2D eigenvalue weighted by atomic mass is 32.2. The van der Waals surface area contributed by atoms with Crippen molar-refractivity contribution in [3.8, 4) is 0 Å². The number of rotatable bonds is 11. The van der Waals surface area contributed by atoms with Crippen LogP contribution in [0.2, 0.25) is 0 Å². The topological polar surface area (TPSA) is 58.2 Å². The van der Waals surface area contributed by atoms with Gasteiger partial charge in [0.15, 0.2) is 0 Å². The molecule has 140 valence electrons. The summed E-state index contributed by atoms with van der Waals surface area (Å²) >= 11 is 1.59. The van der Waals surface area contributed by atoms with Crippen LogP contribution in [0.1, 0.15) is 52.0 Å². The van der Waals surface area contributed by atoms with Gasteiger partial charge in [-0.15, -0.1) is 11.8 Å². The zero-order valence-electron chi connectivity index (χ0n) is 15.9. The third-order valence-corrected chi connectivity index (χ3v) is 5.35. The Morgan fingerprint density at radius 3 is 2.40 bits per heavy atom. The van der Waals surface area contributed by atoms with Gasteiger partial charge in [0.05, 0.1) is 0 Å². The number of nitrogens with one attached hydrogen (secondary N) is 2. The normalized spacial score (nSPS) is 13.1. The second-order valence-corrected chi connectivity index (χ2v) is 7.63. The fourth-order valence-electron chi connectivity index (χ4n) is 2.55. The Kier molecular flexibility index (Phi) is 10.3. The second kappa shape index (κ2) is 12.0. The van der Waals surface area contributed by atoms with E-state index in [1.807, 2.05) is 19.1 Å². The third-order valence-electron chi connectivity index (χ3n) is 4.24. The van der Waals surface area contributed by atoms with Gasteiger partial charge in [-0.25, -0.2) is 0 Å². The van der Waals surface area contributed by atoms with Crippen LogP contribution in [-0.2, 0) is 9.59 Å². The first-order valence-electron chi connectivity index (χ1n) is 9.20. The number of carbonyl (C=O) groups is 2. The van der Waals surface area contributed by atoms with Crippen LogP contribution in [0.4, 0.5) is 0 Å². The molecule has 2 unspecified atom stereocenters. The van der Waals surface area contributed by atoms with Gasteiger partial charge in [0.25, 0.3) is 0 Å². The summed E-state index contributed by atoms with van der Waals surface area (Å²) in [5, 5.41) is 5.80. The summed E-state index contributed by atoms with van der Waals surface area (Å²) in [6, 6.07) is 7.68. The lowest BCUT2D eigenvalue weighted by molar-refractivity contribution is -0.127. The summed E-state index contributed by atoms with van der Waals surface area (Å²) in [7, 11) is 0. The summed E-state index contributed by atoms with van der Waals surface area (Å²) in [5.41, 5.74) is 1.21. The van der Waals surface area contributed by atoms with Crippen LogP contribution in [0.25, 0.3) is 0 Å². The first-order valence-corrected chi connectivity index (χ1v) is 10.2. The van der Waals surface area contributed by atoms with E-state index in [-0.39, 0.29) is 11.8 Å². The molecule has 25 heavy (non-hydrogen) atoms. The van der Waals surface area contributed by atoms with Crippen molar-refractivity contribution in [2.75, 3.05) is 12.3 Å². The molecule has 0 aliphatic carbocycles. The first kappa shape index (κ1) is 21.6. The largest absolute Gasteiger partial charge is 0.354 e. The third kappa shape index (κ3) is 8.96. The van der Waals surface area contributed by atoms with Crippen LogP contribution in [0.15, 0.2) is 29.2 Å². The van der Waals surface area contributed by atoms with Gasteiger partial charge in [-0.2, -0.15) is 0 Å². The number of unbranched alkanes of at least 4 members (excludes halogenated alkanes) is 1. The van der Waals surface area contributed by atoms with E-state index in [2.05, 4.69) is 36.6 Å². The average Bonchev–Trinajstić information content (AvgIpc) is 2.59. The van der Waals surface area contributed by atoms with E-state index in [4.69, 9.17) is 0 Å². The lowest BCUT2D eigenvalue weighted by Gasteiger charge is -2.20. The smallest absolute Gasteiger partial charge is 0.243 e. The number of hydrogen-bond acceptors (Lipinski definition) is 3. The SMILES string of the molecule is CCCCC(CC)CNC(=O)C(CSc1ccc(C)cc1)NC(C)=O. The number of hydrogen-bond donors (Lipinski definition) is 2. The fraction of sp³-hybridized carbons (Fsp3) is 0.600. The van der Waals surface area contributed by atoms with Crippen molar-refractivity contribution >= 4 is 23.6 Å². The molecule has 0 saturated carbocycles. The minimum absolute atomic E-state index is 0.0928. The van der Waals surface area contributed by atoms with Crippen molar-refractivity contribution in [2.45, 2.75) is 64.3 Å². The van der Waals surface area contributed by atoms with Crippen LogP contribution in [0.3, 0.4) is 0 Å². The summed E-state index contributed by atoms with van der Waals surface area (Å²) in [6.07, 6.45) is 4.55. The lowest BCUT2D eigenvalue weighted by Crippen LogP contribution is -2.48. The Balaban J connectivity index is 2.56. The van der Waals surface area contributed by atoms with Crippen LogP contribution < -0.4 is 10.6 Å². The van der Waals surface area contributed by atoms with E-state index in [0.717, 1.165) is 17.7 Å². The Labute approximate surface area is 156 Å². The molecule has 0 spiro atoms. The zero-order chi connectivity index (χ0) is 18.7. The van der Waals surface area contributed by atoms with E-state index in [1.54, 1.807) is 11.8 Å². The van der Waals surface area contributed by atoms with Crippen LogP contribution >= 0.6 is 11.8 Å². The second-order valence-electron chi connectivity index (χ2n) is 6.54. The molecule has 0 heterocycles. The van der Waals surface area contributed by atoms with E-state index in [9.17, 15) is 9.59 Å². The lowest BCUT2D eigenvalue weighted by atomic mass is 9.99. The minimum atomic E-state index is -0.507. The first-order chi connectivity index (χ1) is 12.0. The molecule has 2 amide bonds. The summed E-state index contributed by atoms with van der Waals surface area (Å²) in [4.78, 5) is 25.1. The zero-order valence-corrected chi connectivity index (χ0v) is 16.7. The molecule has 0 radical (unpaired) electrons. The maximum Gasteiger partial charge on any atom is 0.243 e. The van der Waals surface area contributed by atoms with Crippen molar-refractivity contribution in [3.05, 3.63) is 29.8 Å². The van der Waals surface area contributed by atoms with Gasteiger partial charge in [-0.1, -0.05) is 50.8 Å². The molecule has 0 fully saturated rings. The monoisotopic (exact) mass is 364 g/mol. The Bertz CT molecular complexity index is 531. The quantitative estimate of drug-likeness (QED) is 0.585. The number of aryl methyl sites for hydroxylation is 1. The molecule has 0 aliphatic rings. The van der Waals surface area contributed by atoms with Crippen LogP contribution in [-0.4, -0.2) is 30.2 Å². The molecule has 1 aromatic rings. The molecular formula is C20H32N2O2S. The maximum absolute atomic E-state index is 12.5. The van der Waals surface area contributed by atoms with Gasteiger partial charge in [-0.05, 0) is 31.4 Å². The van der Waals surface area contributed by atoms with Gasteiger partial charge in [0.2, 0.25) is 11.8 Å². The molecule has 0 saturated heterocycles. The molecule has 0 bridgehead atoms. The number of thioether (sulfide) groups is 1. The standard InChI is InChI=1S/C20H32N2O2S/c1-5-7-8-17(6-2)13-21-20(24)19(22-16(4)23)14-25-18-11-9-15(3)10-12-18/h9-12,17,19H,5-8,13-14H2,1-4H3,(H,21,24)(H,22,23).